The van der Waals surface area contributed by atoms with Gasteiger partial charge in [0.25, 0.3) is 5.56 Å². The minimum atomic E-state index is -0.677. The van der Waals surface area contributed by atoms with Crippen molar-refractivity contribution in [1.29, 1.82) is 0 Å². The van der Waals surface area contributed by atoms with Crippen LogP contribution in [0.4, 0.5) is 0 Å². The van der Waals surface area contributed by atoms with Gasteiger partial charge in [-0.05, 0) is 43.4 Å². The van der Waals surface area contributed by atoms with E-state index in [0.717, 1.165) is 5.75 Å². The van der Waals surface area contributed by atoms with Crippen molar-refractivity contribution in [2.75, 3.05) is 27.3 Å². The second-order valence-corrected chi connectivity index (χ2v) is 6.37. The molecular formula is C20H23N3O4. The number of nitrogens with one attached hydrogen (secondary N) is 1. The summed E-state index contributed by atoms with van der Waals surface area (Å²) in [4.78, 5) is 21.3. The summed E-state index contributed by atoms with van der Waals surface area (Å²) in [5.74, 6) is 1.97. The zero-order chi connectivity index (χ0) is 19.2. The van der Waals surface area contributed by atoms with Gasteiger partial charge in [0.15, 0.2) is 0 Å². The van der Waals surface area contributed by atoms with Crippen LogP contribution in [0.5, 0.6) is 11.5 Å². The molecule has 3 aromatic rings. The number of H-pyrrole nitrogens is 1. The molecule has 142 valence electrons. The molecule has 0 amide bonds. The number of benzene rings is 2. The summed E-state index contributed by atoms with van der Waals surface area (Å²) in [6.45, 7) is 0.963. The summed E-state index contributed by atoms with van der Waals surface area (Å²) >= 11 is 0. The van der Waals surface area contributed by atoms with Crippen LogP contribution in [-0.4, -0.2) is 53.4 Å². The molecule has 0 aliphatic carbocycles. The highest BCUT2D eigenvalue weighted by atomic mass is 16.5. The van der Waals surface area contributed by atoms with Crippen LogP contribution in [0.25, 0.3) is 10.9 Å². The average molecular weight is 369 g/mol. The Morgan fingerprint density at radius 3 is 2.59 bits per heavy atom. The normalized spacial score (nSPS) is 12.3. The van der Waals surface area contributed by atoms with Gasteiger partial charge in [-0.2, -0.15) is 0 Å². The molecule has 0 saturated carbocycles. The lowest BCUT2D eigenvalue weighted by Crippen LogP contribution is -2.33. The van der Waals surface area contributed by atoms with Gasteiger partial charge in [-0.15, -0.1) is 0 Å². The van der Waals surface area contributed by atoms with Gasteiger partial charge < -0.3 is 19.6 Å². The maximum atomic E-state index is 12.1. The topological polar surface area (TPSA) is 87.7 Å². The highest BCUT2D eigenvalue weighted by Crippen LogP contribution is 2.17. The Hall–Kier alpha value is -2.90. The number of aliphatic hydroxyl groups is 1. The third-order valence-corrected chi connectivity index (χ3v) is 4.11. The number of aromatic nitrogens is 2. The monoisotopic (exact) mass is 369 g/mol. The second kappa shape index (κ2) is 8.66. The number of para-hydroxylation sites is 1. The number of aliphatic hydroxyl groups excluding tert-OH is 1. The van der Waals surface area contributed by atoms with E-state index in [0.29, 0.717) is 35.6 Å². The lowest BCUT2D eigenvalue weighted by atomic mass is 10.2. The summed E-state index contributed by atoms with van der Waals surface area (Å²) in [6, 6.07) is 14.4. The van der Waals surface area contributed by atoms with Crippen LogP contribution in [-0.2, 0) is 6.54 Å². The summed E-state index contributed by atoms with van der Waals surface area (Å²) in [5, 5.41) is 10.8. The van der Waals surface area contributed by atoms with Gasteiger partial charge in [0.1, 0.15) is 30.0 Å². The van der Waals surface area contributed by atoms with Crippen LogP contribution < -0.4 is 15.0 Å². The van der Waals surface area contributed by atoms with E-state index in [-0.39, 0.29) is 12.2 Å². The lowest BCUT2D eigenvalue weighted by Gasteiger charge is -2.20. The third kappa shape index (κ3) is 5.06. The molecule has 7 nitrogen and oxygen atoms in total. The van der Waals surface area contributed by atoms with Crippen molar-refractivity contribution >= 4 is 10.9 Å². The highest BCUT2D eigenvalue weighted by Gasteiger charge is 2.12. The Balaban J connectivity index is 1.53. The Bertz CT molecular complexity index is 940. The standard InChI is InChI=1S/C20H23N3O4/c1-23(11-14(24)13-27-16-9-7-15(26-2)8-10-16)12-19-21-18-6-4-3-5-17(18)20(25)22-19/h3-10,14,24H,11-13H2,1-2H3,(H,21,22,25). The van der Waals surface area contributed by atoms with Crippen molar-refractivity contribution in [1.82, 2.24) is 14.9 Å². The predicted octanol–water partition coefficient (Wildman–Crippen LogP) is 1.80. The predicted molar refractivity (Wildman–Crippen MR) is 103 cm³/mol. The Kier molecular flexibility index (Phi) is 6.05. The van der Waals surface area contributed by atoms with Gasteiger partial charge in [0.05, 0.1) is 24.6 Å². The number of hydrogen-bond acceptors (Lipinski definition) is 6. The lowest BCUT2D eigenvalue weighted by molar-refractivity contribution is 0.0737. The minimum absolute atomic E-state index is 0.160. The molecule has 3 rings (SSSR count). The van der Waals surface area contributed by atoms with E-state index >= 15 is 0 Å². The Morgan fingerprint density at radius 2 is 1.85 bits per heavy atom. The van der Waals surface area contributed by atoms with Crippen LogP contribution in [0.3, 0.4) is 0 Å². The molecule has 0 fully saturated rings. The van der Waals surface area contributed by atoms with Crippen molar-refractivity contribution in [3.8, 4) is 11.5 Å². The molecule has 27 heavy (non-hydrogen) atoms. The molecule has 1 atom stereocenters. The fraction of sp³-hybridized carbons (Fsp3) is 0.300. The highest BCUT2D eigenvalue weighted by molar-refractivity contribution is 5.77. The number of nitrogens with zero attached hydrogens (tertiary/aromatic N) is 2. The summed E-state index contributed by atoms with van der Waals surface area (Å²) in [5.41, 5.74) is 0.500. The van der Waals surface area contributed by atoms with E-state index in [1.165, 1.54) is 0 Å². The summed E-state index contributed by atoms with van der Waals surface area (Å²) in [7, 11) is 3.46. The van der Waals surface area contributed by atoms with Crippen LogP contribution >= 0.6 is 0 Å². The first-order chi connectivity index (χ1) is 13.0. The van der Waals surface area contributed by atoms with Crippen molar-refractivity contribution in [3.63, 3.8) is 0 Å². The molecular weight excluding hydrogens is 346 g/mol. The van der Waals surface area contributed by atoms with Crippen molar-refractivity contribution in [3.05, 3.63) is 64.7 Å². The molecule has 0 aliphatic heterocycles. The fourth-order valence-electron chi connectivity index (χ4n) is 2.81. The number of methoxy groups -OCH3 is 1. The molecule has 0 bridgehead atoms. The molecule has 0 radical (unpaired) electrons. The first-order valence-corrected chi connectivity index (χ1v) is 8.66. The van der Waals surface area contributed by atoms with Crippen molar-refractivity contribution < 1.29 is 14.6 Å². The number of ether oxygens (including phenoxy) is 2. The molecule has 7 heteroatoms. The molecule has 2 N–H and O–H groups in total. The van der Waals surface area contributed by atoms with E-state index in [4.69, 9.17) is 9.47 Å². The number of rotatable bonds is 8. The Morgan fingerprint density at radius 1 is 1.15 bits per heavy atom. The number of fused-ring (bicyclic) bond motifs is 1. The van der Waals surface area contributed by atoms with Crippen LogP contribution in [0.15, 0.2) is 53.3 Å². The molecule has 1 heterocycles. The molecule has 0 spiro atoms. The zero-order valence-electron chi connectivity index (χ0n) is 15.4. The number of likely N-dealkylation sites (N-methyl/N-ethyl adjacent to an activating group) is 1. The zero-order valence-corrected chi connectivity index (χ0v) is 15.4. The average Bonchev–Trinajstić information content (AvgIpc) is 2.66. The van der Waals surface area contributed by atoms with Gasteiger partial charge in [0, 0.05) is 6.54 Å². The fourth-order valence-corrected chi connectivity index (χ4v) is 2.81. The van der Waals surface area contributed by atoms with Crippen LogP contribution in [0.1, 0.15) is 5.82 Å². The third-order valence-electron chi connectivity index (χ3n) is 4.11. The maximum Gasteiger partial charge on any atom is 0.258 e. The first kappa shape index (κ1) is 18.9. The number of hydrogen-bond donors (Lipinski definition) is 2. The van der Waals surface area contributed by atoms with E-state index < -0.39 is 6.10 Å². The minimum Gasteiger partial charge on any atom is -0.497 e. The molecule has 1 unspecified atom stereocenters. The van der Waals surface area contributed by atoms with Gasteiger partial charge in [-0.3, -0.25) is 9.69 Å². The smallest absolute Gasteiger partial charge is 0.258 e. The summed E-state index contributed by atoms with van der Waals surface area (Å²) < 4.78 is 10.7. The summed E-state index contributed by atoms with van der Waals surface area (Å²) in [6.07, 6.45) is -0.677. The van der Waals surface area contributed by atoms with Crippen molar-refractivity contribution in [2.24, 2.45) is 0 Å². The molecule has 0 aliphatic rings. The van der Waals surface area contributed by atoms with Gasteiger partial charge in [-0.1, -0.05) is 12.1 Å². The first-order valence-electron chi connectivity index (χ1n) is 8.66. The van der Waals surface area contributed by atoms with Gasteiger partial charge in [-0.25, -0.2) is 4.98 Å². The number of aromatic amines is 1. The van der Waals surface area contributed by atoms with E-state index in [1.807, 2.05) is 30.1 Å². The van der Waals surface area contributed by atoms with E-state index in [9.17, 15) is 9.90 Å². The Labute approximate surface area is 157 Å². The largest absolute Gasteiger partial charge is 0.497 e. The molecule has 2 aromatic carbocycles. The van der Waals surface area contributed by atoms with E-state index in [2.05, 4.69) is 9.97 Å². The van der Waals surface area contributed by atoms with Crippen LogP contribution in [0, 0.1) is 0 Å². The molecule has 1 aromatic heterocycles. The maximum absolute atomic E-state index is 12.1. The van der Waals surface area contributed by atoms with Crippen LogP contribution in [0.2, 0.25) is 0 Å². The van der Waals surface area contributed by atoms with Crippen molar-refractivity contribution in [2.45, 2.75) is 12.6 Å². The van der Waals surface area contributed by atoms with Gasteiger partial charge >= 0.3 is 0 Å². The second-order valence-electron chi connectivity index (χ2n) is 6.37. The quantitative estimate of drug-likeness (QED) is 0.630. The van der Waals surface area contributed by atoms with E-state index in [1.54, 1.807) is 37.4 Å². The molecule has 0 saturated heterocycles. The SMILES string of the molecule is COc1ccc(OCC(O)CN(C)Cc2nc3ccccc3c(=O)[nH]2)cc1. The van der Waals surface area contributed by atoms with Gasteiger partial charge in [0.2, 0.25) is 0 Å².